The first-order chi connectivity index (χ1) is 11.7. The van der Waals surface area contributed by atoms with Crippen LogP contribution in [0.2, 0.25) is 0 Å². The third kappa shape index (κ3) is 3.73. The summed E-state index contributed by atoms with van der Waals surface area (Å²) in [7, 11) is 0. The van der Waals surface area contributed by atoms with Gasteiger partial charge in [0.2, 0.25) is 0 Å². The Hall–Kier alpha value is -3.28. The van der Waals surface area contributed by atoms with E-state index in [1.54, 1.807) is 53.6 Å². The fourth-order valence-electron chi connectivity index (χ4n) is 2.13. The molecule has 0 saturated carbocycles. The molecule has 0 spiro atoms. The Labute approximate surface area is 139 Å². The van der Waals surface area contributed by atoms with Crippen molar-refractivity contribution < 1.29 is 4.39 Å². The zero-order valence-electron chi connectivity index (χ0n) is 12.9. The SMILES string of the molecule is NC(=CC(=NCc1ccccc1F)n1cccn1)c1ccccn1. The summed E-state index contributed by atoms with van der Waals surface area (Å²) < 4.78 is 15.3. The summed E-state index contributed by atoms with van der Waals surface area (Å²) in [5.74, 6) is 0.217. The summed E-state index contributed by atoms with van der Waals surface area (Å²) >= 11 is 0. The second-order valence-corrected chi connectivity index (χ2v) is 5.03. The molecule has 0 aliphatic heterocycles. The van der Waals surface area contributed by atoms with Gasteiger partial charge in [-0.3, -0.25) is 9.98 Å². The quantitative estimate of drug-likeness (QED) is 0.593. The van der Waals surface area contributed by atoms with Crippen molar-refractivity contribution in [3.8, 4) is 0 Å². The molecular weight excluding hydrogens is 305 g/mol. The van der Waals surface area contributed by atoms with Crippen LogP contribution in [0.5, 0.6) is 0 Å². The van der Waals surface area contributed by atoms with Gasteiger partial charge in [-0.2, -0.15) is 5.10 Å². The first-order valence-electron chi connectivity index (χ1n) is 7.40. The lowest BCUT2D eigenvalue weighted by atomic mass is 10.2. The molecule has 0 aliphatic rings. The van der Waals surface area contributed by atoms with Crippen molar-refractivity contribution in [2.75, 3.05) is 0 Å². The van der Waals surface area contributed by atoms with Gasteiger partial charge in [-0.1, -0.05) is 24.3 Å². The van der Waals surface area contributed by atoms with Crippen LogP contribution in [-0.2, 0) is 6.54 Å². The lowest BCUT2D eigenvalue weighted by Gasteiger charge is -2.06. The monoisotopic (exact) mass is 321 g/mol. The van der Waals surface area contributed by atoms with Crippen molar-refractivity contribution in [2.24, 2.45) is 10.7 Å². The van der Waals surface area contributed by atoms with E-state index in [2.05, 4.69) is 15.1 Å². The second kappa shape index (κ2) is 7.32. The van der Waals surface area contributed by atoms with Crippen LogP contribution < -0.4 is 5.73 Å². The maximum absolute atomic E-state index is 13.8. The van der Waals surface area contributed by atoms with Crippen molar-refractivity contribution in [3.05, 3.63) is 90.3 Å². The number of halogens is 1. The van der Waals surface area contributed by atoms with Gasteiger partial charge in [0.1, 0.15) is 5.82 Å². The van der Waals surface area contributed by atoms with Crippen molar-refractivity contribution in [1.29, 1.82) is 0 Å². The van der Waals surface area contributed by atoms with Gasteiger partial charge < -0.3 is 5.73 Å². The molecular formula is C18H16FN5. The molecule has 2 heterocycles. The minimum Gasteiger partial charge on any atom is -0.397 e. The topological polar surface area (TPSA) is 69.1 Å². The van der Waals surface area contributed by atoms with Gasteiger partial charge in [-0.15, -0.1) is 0 Å². The number of hydrogen-bond acceptors (Lipinski definition) is 4. The molecule has 120 valence electrons. The van der Waals surface area contributed by atoms with Gasteiger partial charge >= 0.3 is 0 Å². The number of aliphatic imine (C=N–C) groups is 1. The summed E-state index contributed by atoms with van der Waals surface area (Å²) in [6, 6.07) is 13.8. The van der Waals surface area contributed by atoms with Crippen molar-refractivity contribution in [1.82, 2.24) is 14.8 Å². The molecule has 0 amide bonds. The molecule has 0 saturated heterocycles. The Morgan fingerprint density at radius 1 is 1.12 bits per heavy atom. The van der Waals surface area contributed by atoms with Crippen LogP contribution in [0.15, 0.2) is 78.2 Å². The molecule has 1 aromatic carbocycles. The van der Waals surface area contributed by atoms with Gasteiger partial charge in [0.15, 0.2) is 5.84 Å². The number of aromatic nitrogens is 3. The Balaban J connectivity index is 1.93. The van der Waals surface area contributed by atoms with Gasteiger partial charge in [0, 0.05) is 30.2 Å². The van der Waals surface area contributed by atoms with Gasteiger partial charge in [-0.25, -0.2) is 9.07 Å². The van der Waals surface area contributed by atoms with Crippen LogP contribution in [0.4, 0.5) is 4.39 Å². The largest absolute Gasteiger partial charge is 0.397 e. The lowest BCUT2D eigenvalue weighted by molar-refractivity contribution is 0.610. The van der Waals surface area contributed by atoms with Crippen molar-refractivity contribution in [3.63, 3.8) is 0 Å². The zero-order chi connectivity index (χ0) is 16.8. The Bertz CT molecular complexity index is 854. The van der Waals surface area contributed by atoms with E-state index >= 15 is 0 Å². The molecule has 0 radical (unpaired) electrons. The molecule has 6 heteroatoms. The van der Waals surface area contributed by atoms with Crippen LogP contribution in [0.25, 0.3) is 5.70 Å². The summed E-state index contributed by atoms with van der Waals surface area (Å²) in [5.41, 5.74) is 7.71. The van der Waals surface area contributed by atoms with Crippen molar-refractivity contribution >= 4 is 11.5 Å². The van der Waals surface area contributed by atoms with Crippen LogP contribution in [-0.4, -0.2) is 20.6 Å². The van der Waals surface area contributed by atoms with Crippen LogP contribution in [0, 0.1) is 5.82 Å². The minimum absolute atomic E-state index is 0.188. The Morgan fingerprint density at radius 2 is 1.96 bits per heavy atom. The van der Waals surface area contributed by atoms with E-state index in [0.717, 1.165) is 0 Å². The second-order valence-electron chi connectivity index (χ2n) is 5.03. The number of benzene rings is 1. The molecule has 0 atom stereocenters. The number of rotatable bonds is 4. The molecule has 0 bridgehead atoms. The molecule has 0 fully saturated rings. The van der Waals surface area contributed by atoms with Crippen LogP contribution in [0.3, 0.4) is 0 Å². The Morgan fingerprint density at radius 3 is 2.67 bits per heavy atom. The van der Waals surface area contributed by atoms with E-state index in [9.17, 15) is 4.39 Å². The highest BCUT2D eigenvalue weighted by Crippen LogP contribution is 2.10. The minimum atomic E-state index is -0.289. The van der Waals surface area contributed by atoms with E-state index in [0.29, 0.717) is 22.8 Å². The average Bonchev–Trinajstić information content (AvgIpc) is 3.15. The molecule has 3 rings (SSSR count). The number of allylic oxidation sites excluding steroid dienone is 1. The van der Waals surface area contributed by atoms with E-state index in [1.807, 2.05) is 18.2 Å². The number of nitrogens with zero attached hydrogens (tertiary/aromatic N) is 4. The number of hydrogen-bond donors (Lipinski definition) is 1. The summed E-state index contributed by atoms with van der Waals surface area (Å²) in [6.45, 7) is 0.188. The molecule has 5 nitrogen and oxygen atoms in total. The highest BCUT2D eigenvalue weighted by molar-refractivity contribution is 5.99. The Kier molecular flexibility index (Phi) is 4.76. The first-order valence-corrected chi connectivity index (χ1v) is 7.40. The van der Waals surface area contributed by atoms with E-state index in [-0.39, 0.29) is 12.4 Å². The van der Waals surface area contributed by atoms with E-state index < -0.39 is 0 Å². The first kappa shape index (κ1) is 15.6. The van der Waals surface area contributed by atoms with Gasteiger partial charge in [0.25, 0.3) is 0 Å². The average molecular weight is 321 g/mol. The fourth-order valence-corrected chi connectivity index (χ4v) is 2.13. The van der Waals surface area contributed by atoms with Crippen LogP contribution >= 0.6 is 0 Å². The zero-order valence-corrected chi connectivity index (χ0v) is 12.9. The fraction of sp³-hybridized carbons (Fsp3) is 0.0556. The van der Waals surface area contributed by atoms with E-state index in [1.165, 1.54) is 6.07 Å². The highest BCUT2D eigenvalue weighted by Gasteiger charge is 2.05. The maximum Gasteiger partial charge on any atom is 0.151 e. The number of pyridine rings is 1. The summed E-state index contributed by atoms with van der Waals surface area (Å²) in [5, 5.41) is 4.17. The third-order valence-corrected chi connectivity index (χ3v) is 3.35. The van der Waals surface area contributed by atoms with Crippen molar-refractivity contribution in [2.45, 2.75) is 6.54 Å². The molecule has 0 aliphatic carbocycles. The standard InChI is InChI=1S/C18H16FN5/c19-15-7-2-1-6-14(15)13-22-18(24-11-5-10-23-24)12-16(20)17-8-3-4-9-21-17/h1-12H,13,20H2. The summed E-state index contributed by atoms with van der Waals surface area (Å²) in [6.07, 6.45) is 6.74. The lowest BCUT2D eigenvalue weighted by Crippen LogP contribution is -2.13. The molecule has 2 aromatic heterocycles. The van der Waals surface area contributed by atoms with E-state index in [4.69, 9.17) is 5.73 Å². The van der Waals surface area contributed by atoms with Crippen LogP contribution in [0.1, 0.15) is 11.3 Å². The highest BCUT2D eigenvalue weighted by atomic mass is 19.1. The molecule has 0 unspecified atom stereocenters. The molecule has 3 aromatic rings. The maximum atomic E-state index is 13.8. The molecule has 2 N–H and O–H groups in total. The number of nitrogens with two attached hydrogens (primary N) is 1. The third-order valence-electron chi connectivity index (χ3n) is 3.35. The smallest absolute Gasteiger partial charge is 0.151 e. The van der Waals surface area contributed by atoms with Gasteiger partial charge in [0.05, 0.1) is 17.9 Å². The predicted octanol–water partition coefficient (Wildman–Crippen LogP) is 2.86. The molecule has 24 heavy (non-hydrogen) atoms. The summed E-state index contributed by atoms with van der Waals surface area (Å²) in [4.78, 5) is 8.66. The normalized spacial score (nSPS) is 12.4. The van der Waals surface area contributed by atoms with Gasteiger partial charge in [-0.05, 0) is 24.3 Å². The predicted molar refractivity (Wildman–Crippen MR) is 91.6 cm³/mol.